The van der Waals surface area contributed by atoms with Gasteiger partial charge in [-0.2, -0.15) is 0 Å². The van der Waals surface area contributed by atoms with Gasteiger partial charge in [0.15, 0.2) is 5.78 Å². The second-order valence-electron chi connectivity index (χ2n) is 9.31. The van der Waals surface area contributed by atoms with Crippen LogP contribution < -0.4 is 16.0 Å². The van der Waals surface area contributed by atoms with Gasteiger partial charge >= 0.3 is 0 Å². The van der Waals surface area contributed by atoms with Crippen molar-refractivity contribution in [2.24, 2.45) is 0 Å². The standard InChI is InChI=1S/C26H36N4O5S2/c1-4-9-19(28-24(34)20-14-26(16-30(20)5-2)36-12-13-37-26)23(33)25(35)27-15-21(32)29-22(17(3)31)18-10-7-6-8-11-18/h6-8,10-11,19-20,22H,4-5,9,12-16H2,1-3H3,(H,27,35)(H,28,34)(H,29,32)/t19?,20-,22+/m0/s1. The van der Waals surface area contributed by atoms with E-state index in [1.54, 1.807) is 30.3 Å². The Morgan fingerprint density at radius 2 is 1.73 bits per heavy atom. The molecule has 0 aliphatic carbocycles. The molecule has 2 heterocycles. The Morgan fingerprint density at radius 1 is 1.05 bits per heavy atom. The van der Waals surface area contributed by atoms with Crippen LogP contribution in [0.1, 0.15) is 51.6 Å². The van der Waals surface area contributed by atoms with Gasteiger partial charge in [-0.05, 0) is 31.9 Å². The van der Waals surface area contributed by atoms with Crippen LogP contribution in [-0.4, -0.2) is 81.5 Å². The van der Waals surface area contributed by atoms with Crippen molar-refractivity contribution in [3.63, 3.8) is 0 Å². The first kappa shape index (κ1) is 29.2. The first-order valence-electron chi connectivity index (χ1n) is 12.7. The van der Waals surface area contributed by atoms with Gasteiger partial charge < -0.3 is 16.0 Å². The highest BCUT2D eigenvalue weighted by molar-refractivity contribution is 8.21. The lowest BCUT2D eigenvalue weighted by atomic mass is 10.0. The normalized spacial score (nSPS) is 20.2. The predicted molar refractivity (Wildman–Crippen MR) is 146 cm³/mol. The largest absolute Gasteiger partial charge is 0.344 e. The number of Topliss-reactive ketones (excluding diaryl/α,β-unsaturated/α-hetero) is 2. The molecule has 0 bridgehead atoms. The lowest BCUT2D eigenvalue weighted by Crippen LogP contribution is -2.53. The van der Waals surface area contributed by atoms with E-state index in [-0.39, 0.29) is 21.8 Å². The van der Waals surface area contributed by atoms with E-state index in [0.717, 1.165) is 24.6 Å². The minimum absolute atomic E-state index is 0.0183. The van der Waals surface area contributed by atoms with E-state index in [0.29, 0.717) is 24.8 Å². The Morgan fingerprint density at radius 3 is 2.32 bits per heavy atom. The predicted octanol–water partition coefficient (Wildman–Crippen LogP) is 1.67. The molecule has 3 rings (SSSR count). The van der Waals surface area contributed by atoms with E-state index in [1.807, 2.05) is 37.4 Å². The maximum Gasteiger partial charge on any atom is 0.290 e. The molecule has 0 saturated carbocycles. The van der Waals surface area contributed by atoms with Crippen LogP contribution in [0.25, 0.3) is 0 Å². The highest BCUT2D eigenvalue weighted by Gasteiger charge is 2.49. The van der Waals surface area contributed by atoms with Crippen molar-refractivity contribution in [2.45, 2.75) is 62.2 Å². The van der Waals surface area contributed by atoms with Crippen LogP contribution in [0.4, 0.5) is 0 Å². The molecule has 3 amide bonds. The van der Waals surface area contributed by atoms with E-state index in [4.69, 9.17) is 0 Å². The van der Waals surface area contributed by atoms with Crippen LogP contribution in [0.15, 0.2) is 30.3 Å². The van der Waals surface area contributed by atoms with Gasteiger partial charge in [-0.1, -0.05) is 50.6 Å². The van der Waals surface area contributed by atoms with Crippen molar-refractivity contribution in [3.8, 4) is 0 Å². The minimum Gasteiger partial charge on any atom is -0.344 e. The topological polar surface area (TPSA) is 125 Å². The summed E-state index contributed by atoms with van der Waals surface area (Å²) in [5, 5.41) is 7.74. The van der Waals surface area contributed by atoms with Crippen LogP contribution in [0.2, 0.25) is 0 Å². The molecule has 2 aliphatic heterocycles. The molecule has 2 aliphatic rings. The summed E-state index contributed by atoms with van der Waals surface area (Å²) in [6, 6.07) is 6.62. The highest BCUT2D eigenvalue weighted by Crippen LogP contribution is 2.51. The molecule has 202 valence electrons. The SMILES string of the molecule is CCCC(NC(=O)[C@@H]1CC2(CN1CC)SCCS2)C(=O)C(=O)NCC(=O)N[C@H](C(C)=O)c1ccccc1. The zero-order valence-corrected chi connectivity index (χ0v) is 23.2. The monoisotopic (exact) mass is 548 g/mol. The molecule has 9 nitrogen and oxygen atoms in total. The summed E-state index contributed by atoms with van der Waals surface area (Å²) in [7, 11) is 0. The lowest BCUT2D eigenvalue weighted by Gasteiger charge is -2.24. The van der Waals surface area contributed by atoms with Gasteiger partial charge in [0.1, 0.15) is 6.04 Å². The van der Waals surface area contributed by atoms with Crippen molar-refractivity contribution in [1.82, 2.24) is 20.9 Å². The average molecular weight is 549 g/mol. The van der Waals surface area contributed by atoms with Crippen LogP contribution >= 0.6 is 23.5 Å². The number of nitrogens with one attached hydrogen (secondary N) is 3. The fourth-order valence-electron chi connectivity index (χ4n) is 4.71. The van der Waals surface area contributed by atoms with Crippen LogP contribution in [0.3, 0.4) is 0 Å². The second kappa shape index (κ2) is 13.4. The molecule has 3 atom stereocenters. The summed E-state index contributed by atoms with van der Waals surface area (Å²) in [6.07, 6.45) is 1.62. The molecule has 2 fully saturated rings. The van der Waals surface area contributed by atoms with Gasteiger partial charge in [0.2, 0.25) is 17.6 Å². The molecule has 1 aromatic carbocycles. The number of carbonyl (C=O) groups excluding carboxylic acids is 5. The van der Waals surface area contributed by atoms with E-state index < -0.39 is 36.2 Å². The number of amides is 3. The summed E-state index contributed by atoms with van der Waals surface area (Å²) >= 11 is 3.80. The summed E-state index contributed by atoms with van der Waals surface area (Å²) in [4.78, 5) is 65.3. The zero-order valence-electron chi connectivity index (χ0n) is 21.6. The Bertz CT molecular complexity index is 1000. The van der Waals surface area contributed by atoms with Crippen LogP contribution in [-0.2, 0) is 24.0 Å². The molecule has 11 heteroatoms. The van der Waals surface area contributed by atoms with Crippen molar-refractivity contribution in [1.29, 1.82) is 0 Å². The number of hydrogen-bond donors (Lipinski definition) is 3. The first-order chi connectivity index (χ1) is 17.7. The molecule has 1 aromatic rings. The Kier molecular flexibility index (Phi) is 10.6. The molecule has 2 saturated heterocycles. The molecule has 37 heavy (non-hydrogen) atoms. The lowest BCUT2D eigenvalue weighted by molar-refractivity contribution is -0.141. The number of hydrogen-bond acceptors (Lipinski definition) is 8. The second-order valence-corrected chi connectivity index (χ2v) is 12.5. The molecule has 1 unspecified atom stereocenters. The maximum atomic E-state index is 13.2. The fourth-order valence-corrected chi connectivity index (χ4v) is 8.02. The van der Waals surface area contributed by atoms with Gasteiger partial charge in [0.25, 0.3) is 5.91 Å². The van der Waals surface area contributed by atoms with E-state index in [1.165, 1.54) is 6.92 Å². The molecule has 0 aromatic heterocycles. The number of rotatable bonds is 12. The number of likely N-dealkylation sites (tertiary alicyclic amines) is 1. The molecular weight excluding hydrogens is 512 g/mol. The van der Waals surface area contributed by atoms with Crippen molar-refractivity contribution < 1.29 is 24.0 Å². The van der Waals surface area contributed by atoms with Crippen molar-refractivity contribution in [2.75, 3.05) is 31.1 Å². The summed E-state index contributed by atoms with van der Waals surface area (Å²) in [6.45, 7) is 6.35. The minimum atomic E-state index is -0.964. The van der Waals surface area contributed by atoms with Gasteiger partial charge in [-0.25, -0.2) is 0 Å². The third-order valence-electron chi connectivity index (χ3n) is 6.60. The Labute approximate surface area is 226 Å². The van der Waals surface area contributed by atoms with E-state index in [2.05, 4.69) is 20.9 Å². The quantitative estimate of drug-likeness (QED) is 0.337. The van der Waals surface area contributed by atoms with E-state index in [9.17, 15) is 24.0 Å². The van der Waals surface area contributed by atoms with Crippen LogP contribution in [0, 0.1) is 0 Å². The van der Waals surface area contributed by atoms with Crippen molar-refractivity contribution >= 4 is 52.8 Å². The Balaban J connectivity index is 1.56. The van der Waals surface area contributed by atoms with E-state index >= 15 is 0 Å². The third kappa shape index (κ3) is 7.58. The Hall–Kier alpha value is -2.37. The van der Waals surface area contributed by atoms with Crippen molar-refractivity contribution in [3.05, 3.63) is 35.9 Å². The average Bonchev–Trinajstić information content (AvgIpc) is 3.51. The number of nitrogens with zero attached hydrogens (tertiary/aromatic N) is 1. The molecule has 1 spiro atoms. The molecule has 0 radical (unpaired) electrons. The smallest absolute Gasteiger partial charge is 0.290 e. The van der Waals surface area contributed by atoms with Crippen LogP contribution in [0.5, 0.6) is 0 Å². The van der Waals surface area contributed by atoms with Gasteiger partial charge in [0, 0.05) is 18.1 Å². The maximum absolute atomic E-state index is 13.2. The number of carbonyl (C=O) groups is 5. The number of benzene rings is 1. The third-order valence-corrected chi connectivity index (χ3v) is 10.0. The zero-order chi connectivity index (χ0) is 27.0. The number of likely N-dealkylation sites (N-methyl/N-ethyl adjacent to an activating group) is 1. The van der Waals surface area contributed by atoms with Gasteiger partial charge in [-0.15, -0.1) is 23.5 Å². The number of thioether (sulfide) groups is 2. The highest BCUT2D eigenvalue weighted by atomic mass is 32.2. The summed E-state index contributed by atoms with van der Waals surface area (Å²) in [5.41, 5.74) is 0.626. The fraction of sp³-hybridized carbons (Fsp3) is 0.577. The summed E-state index contributed by atoms with van der Waals surface area (Å²) < 4.78 is 0.0183. The molecular formula is C26H36N4O5S2. The summed E-state index contributed by atoms with van der Waals surface area (Å²) in [5.74, 6) is -0.671. The first-order valence-corrected chi connectivity index (χ1v) is 14.7. The van der Waals surface area contributed by atoms with Gasteiger partial charge in [0.05, 0.1) is 22.7 Å². The number of ketones is 2. The molecule has 3 N–H and O–H groups in total. The van der Waals surface area contributed by atoms with Gasteiger partial charge in [-0.3, -0.25) is 28.9 Å².